The van der Waals surface area contributed by atoms with Crippen LogP contribution in [-0.2, 0) is 43.2 Å². The summed E-state index contributed by atoms with van der Waals surface area (Å²) in [6.45, 7) is 9.04. The summed E-state index contributed by atoms with van der Waals surface area (Å²) in [5, 5.41) is 30.4. The molecule has 0 bridgehead atoms. The predicted octanol–water partition coefficient (Wildman–Crippen LogP) is 4.38. The zero-order chi connectivity index (χ0) is 42.6. The lowest BCUT2D eigenvalue weighted by Crippen LogP contribution is -2.57. The number of benzene rings is 4. The monoisotopic (exact) mass is 792 g/mol. The van der Waals surface area contributed by atoms with E-state index in [9.17, 15) is 24.3 Å². The fraction of sp³-hybridized carbons (Fsp3) is 0.311. The van der Waals surface area contributed by atoms with E-state index in [1.807, 2.05) is 94.4 Å². The molecule has 4 atom stereocenters. The maximum atomic E-state index is 13.9. The number of nitrogens with one attached hydrogen (secondary N) is 5. The van der Waals surface area contributed by atoms with Crippen molar-refractivity contribution >= 4 is 40.8 Å². The summed E-state index contributed by atoms with van der Waals surface area (Å²) in [6.07, 6.45) is 3.02. The molecule has 0 saturated heterocycles. The number of carbonyl (C=O) groups is 5. The number of aromatic hydroxyl groups is 2. The van der Waals surface area contributed by atoms with Crippen molar-refractivity contribution in [3.8, 4) is 11.5 Å². The fourth-order valence-electron chi connectivity index (χ4n) is 5.63. The molecule has 3 unspecified atom stereocenters. The molecule has 1 heterocycles. The van der Waals surface area contributed by atoms with Crippen LogP contribution < -0.4 is 27.0 Å². The second-order valence-electron chi connectivity index (χ2n) is 14.2. The van der Waals surface area contributed by atoms with Crippen LogP contribution in [0, 0.1) is 12.8 Å². The number of carbonyl (C=O) groups excluding carboxylic acids is 5. The lowest BCUT2D eigenvalue weighted by Gasteiger charge is -2.25. The smallest absolute Gasteiger partial charge is 0.243 e. The summed E-state index contributed by atoms with van der Waals surface area (Å²) in [4.78, 5) is 65.3. The minimum Gasteiger partial charge on any atom is -0.508 e. The first-order valence-electron chi connectivity index (χ1n) is 19.2. The van der Waals surface area contributed by atoms with E-state index in [-0.39, 0.29) is 49.4 Å². The molecule has 58 heavy (non-hydrogen) atoms. The number of amides is 4. The van der Waals surface area contributed by atoms with Gasteiger partial charge in [-0.1, -0.05) is 92.2 Å². The van der Waals surface area contributed by atoms with Crippen molar-refractivity contribution in [2.24, 2.45) is 11.7 Å². The van der Waals surface area contributed by atoms with Crippen molar-refractivity contribution in [1.82, 2.24) is 26.3 Å². The van der Waals surface area contributed by atoms with E-state index in [1.165, 1.54) is 24.6 Å². The average Bonchev–Trinajstić information content (AvgIpc) is 3.61. The van der Waals surface area contributed by atoms with Crippen molar-refractivity contribution in [2.45, 2.75) is 78.0 Å². The number of hydrogen-bond donors (Lipinski definition) is 8. The highest BCUT2D eigenvalue weighted by Gasteiger charge is 2.29. The number of rotatable bonds is 15. The van der Waals surface area contributed by atoms with Gasteiger partial charge in [-0.25, -0.2) is 0 Å². The van der Waals surface area contributed by atoms with Gasteiger partial charge in [0.1, 0.15) is 29.9 Å². The number of phenols is 2. The van der Waals surface area contributed by atoms with Gasteiger partial charge in [-0.3, -0.25) is 19.2 Å². The lowest BCUT2D eigenvalue weighted by atomic mass is 10.0. The normalized spacial score (nSPS) is 12.6. The maximum absolute atomic E-state index is 13.9. The number of aromatic amines is 1. The van der Waals surface area contributed by atoms with Crippen molar-refractivity contribution in [2.75, 3.05) is 6.54 Å². The minimum absolute atomic E-state index is 0.0797. The third-order valence-electron chi connectivity index (χ3n) is 9.22. The highest BCUT2D eigenvalue weighted by molar-refractivity contribution is 5.95. The first-order chi connectivity index (χ1) is 27.7. The van der Waals surface area contributed by atoms with E-state index in [1.54, 1.807) is 30.5 Å². The Balaban J connectivity index is 0.000000711. The molecule has 0 aliphatic carbocycles. The molecule has 5 aromatic rings. The van der Waals surface area contributed by atoms with Gasteiger partial charge < -0.3 is 47.0 Å². The molecule has 13 heteroatoms. The van der Waals surface area contributed by atoms with E-state index < -0.39 is 35.8 Å². The Hall–Kier alpha value is -6.47. The van der Waals surface area contributed by atoms with Crippen molar-refractivity contribution in [3.63, 3.8) is 0 Å². The molecule has 308 valence electrons. The molecule has 13 nitrogen and oxygen atoms in total. The molecule has 0 saturated carbocycles. The number of H-pyrrole nitrogens is 1. The van der Waals surface area contributed by atoms with E-state index in [2.05, 4.69) is 26.3 Å². The van der Waals surface area contributed by atoms with Crippen molar-refractivity contribution in [1.29, 1.82) is 0 Å². The summed E-state index contributed by atoms with van der Waals surface area (Å²) in [6, 6.07) is 27.1. The highest BCUT2D eigenvalue weighted by atomic mass is 16.3. The lowest BCUT2D eigenvalue weighted by molar-refractivity contribution is -0.133. The van der Waals surface area contributed by atoms with Crippen LogP contribution in [0.2, 0.25) is 0 Å². The maximum Gasteiger partial charge on any atom is 0.243 e. The second kappa shape index (κ2) is 23.6. The Bertz CT molecular complexity index is 2030. The number of aryl methyl sites for hydroxylation is 1. The Morgan fingerprint density at radius 2 is 1.22 bits per heavy atom. The standard InChI is InChI=1S/C36H44N6O5.C7H8O.C2H4O/c1-22(2)23(3)40-33(44)21-39-35(46)32(19-26-20-38-30-12-8-7-11-28(26)30)42-36(47)31(18-24-9-5-4-6-10-24)41-34(45)29(37)17-25-13-15-27(43)16-14-25;1-6-2-4-7(8)5-3-6;1-2-3/h4-16,20,22-23,29,31-32,38,43H,17-19,21,37H2,1-3H3,(H,39,46)(H,40,44)(H,41,45)(H,42,47);2-5,8H,1H3;2H,1H3/t23?,29?,31-,32?;;/m0../s1. The number of hydrogen-bond acceptors (Lipinski definition) is 8. The Morgan fingerprint density at radius 3 is 1.83 bits per heavy atom. The molecule has 0 aliphatic rings. The van der Waals surface area contributed by atoms with Crippen molar-refractivity contribution < 1.29 is 34.2 Å². The van der Waals surface area contributed by atoms with Gasteiger partial charge >= 0.3 is 0 Å². The summed E-state index contributed by atoms with van der Waals surface area (Å²) >= 11 is 0. The zero-order valence-electron chi connectivity index (χ0n) is 33.7. The Morgan fingerprint density at radius 1 is 0.690 bits per heavy atom. The second-order valence-corrected chi connectivity index (χ2v) is 14.2. The average molecular weight is 793 g/mol. The molecular weight excluding hydrogens is 737 g/mol. The highest BCUT2D eigenvalue weighted by Crippen LogP contribution is 2.20. The predicted molar refractivity (Wildman–Crippen MR) is 226 cm³/mol. The Labute approximate surface area is 339 Å². The number of fused-ring (bicyclic) bond motifs is 1. The number of phenolic OH excluding ortho intramolecular Hbond substituents is 2. The third kappa shape index (κ3) is 15.6. The van der Waals surface area contributed by atoms with Gasteiger partial charge in [-0.05, 0) is 80.1 Å². The van der Waals surface area contributed by atoms with Crippen LogP contribution in [0.3, 0.4) is 0 Å². The van der Waals surface area contributed by atoms with Gasteiger partial charge in [0.05, 0.1) is 12.6 Å². The summed E-state index contributed by atoms with van der Waals surface area (Å²) in [5.74, 6) is -1.34. The van der Waals surface area contributed by atoms with Gasteiger partial charge in [0.15, 0.2) is 0 Å². The fourth-order valence-corrected chi connectivity index (χ4v) is 5.63. The molecule has 9 N–H and O–H groups in total. The van der Waals surface area contributed by atoms with Gasteiger partial charge in [0.25, 0.3) is 0 Å². The zero-order valence-corrected chi connectivity index (χ0v) is 33.7. The minimum atomic E-state index is -1.06. The molecule has 5 rings (SSSR count). The van der Waals surface area contributed by atoms with E-state index >= 15 is 0 Å². The van der Waals surface area contributed by atoms with Crippen LogP contribution >= 0.6 is 0 Å². The SMILES string of the molecule is CC(C)C(C)NC(=O)CNC(=O)C(Cc1c[nH]c2ccccc12)NC(=O)[C@H](Cc1ccccc1)NC(=O)C(N)Cc1ccc(O)cc1.CC=O.Cc1ccc(O)cc1. The van der Waals surface area contributed by atoms with Crippen LogP contribution in [0.15, 0.2) is 109 Å². The molecule has 0 fully saturated rings. The molecule has 0 spiro atoms. The summed E-state index contributed by atoms with van der Waals surface area (Å²) in [7, 11) is 0. The van der Waals surface area contributed by atoms with Crippen LogP contribution in [0.5, 0.6) is 11.5 Å². The third-order valence-corrected chi connectivity index (χ3v) is 9.22. The topological polar surface area (TPSA) is 216 Å². The van der Waals surface area contributed by atoms with Gasteiger partial charge in [0.2, 0.25) is 23.6 Å². The van der Waals surface area contributed by atoms with Gasteiger partial charge in [-0.15, -0.1) is 0 Å². The van der Waals surface area contributed by atoms with Crippen LogP contribution in [-0.4, -0.2) is 75.8 Å². The van der Waals surface area contributed by atoms with E-state index in [0.717, 1.165) is 33.9 Å². The molecule has 4 amide bonds. The number of para-hydroxylation sites is 1. The van der Waals surface area contributed by atoms with Crippen LogP contribution in [0.4, 0.5) is 0 Å². The van der Waals surface area contributed by atoms with Crippen LogP contribution in [0.25, 0.3) is 10.9 Å². The molecular formula is C45H56N6O7. The largest absolute Gasteiger partial charge is 0.508 e. The van der Waals surface area contributed by atoms with E-state index in [4.69, 9.17) is 15.6 Å². The molecule has 1 aromatic heterocycles. The molecule has 0 radical (unpaired) electrons. The molecule has 4 aromatic carbocycles. The molecule has 0 aliphatic heterocycles. The quantitative estimate of drug-likeness (QED) is 0.0711. The van der Waals surface area contributed by atoms with Crippen molar-refractivity contribution in [3.05, 3.63) is 132 Å². The summed E-state index contributed by atoms with van der Waals surface area (Å²) < 4.78 is 0. The number of aromatic nitrogens is 1. The Kier molecular flexibility index (Phi) is 18.7. The van der Waals surface area contributed by atoms with E-state index in [0.29, 0.717) is 5.75 Å². The first-order valence-corrected chi connectivity index (χ1v) is 19.2. The number of aldehydes is 1. The van der Waals surface area contributed by atoms with Gasteiger partial charge in [-0.2, -0.15) is 0 Å². The number of nitrogens with two attached hydrogens (primary N) is 1. The summed E-state index contributed by atoms with van der Waals surface area (Å²) in [5.41, 5.74) is 10.6. The van der Waals surface area contributed by atoms with Crippen LogP contribution in [0.1, 0.15) is 49.9 Å². The van der Waals surface area contributed by atoms with Gasteiger partial charge in [0, 0.05) is 36.0 Å². The first kappa shape index (κ1) is 45.9.